The molecule has 0 fully saturated rings. The summed E-state index contributed by atoms with van der Waals surface area (Å²) in [5.41, 5.74) is 0.843. The van der Waals surface area contributed by atoms with E-state index in [0.717, 1.165) is 9.13 Å². The molecule has 0 saturated heterocycles. The molecule has 0 atom stereocenters. The molecule has 0 saturated carbocycles. The van der Waals surface area contributed by atoms with Crippen molar-refractivity contribution in [2.45, 2.75) is 6.54 Å². The molecule has 0 spiro atoms. The van der Waals surface area contributed by atoms with Crippen LogP contribution in [-0.2, 0) is 6.54 Å². The van der Waals surface area contributed by atoms with E-state index in [-0.39, 0.29) is 11.1 Å². The van der Waals surface area contributed by atoms with Gasteiger partial charge in [-0.25, -0.2) is 9.37 Å². The highest BCUT2D eigenvalue weighted by molar-refractivity contribution is 14.1. The highest BCUT2D eigenvalue weighted by atomic mass is 127. The van der Waals surface area contributed by atoms with Gasteiger partial charge in [-0.05, 0) is 51.9 Å². The van der Waals surface area contributed by atoms with Crippen LogP contribution in [0.1, 0.15) is 5.56 Å². The molecule has 6 heteroatoms. The van der Waals surface area contributed by atoms with Crippen molar-refractivity contribution in [3.8, 4) is 0 Å². The van der Waals surface area contributed by atoms with Gasteiger partial charge in [-0.2, -0.15) is 4.98 Å². The zero-order chi connectivity index (χ0) is 12.3. The number of rotatable bonds is 3. The lowest BCUT2D eigenvalue weighted by Gasteiger charge is -2.07. The molecule has 17 heavy (non-hydrogen) atoms. The SMILES string of the molecule is Fc1cccc(CNc2nc(Cl)ncc2I)c1. The van der Waals surface area contributed by atoms with E-state index in [1.807, 2.05) is 6.07 Å². The topological polar surface area (TPSA) is 37.8 Å². The first-order valence-corrected chi connectivity index (χ1v) is 6.27. The maximum absolute atomic E-state index is 13.0. The molecule has 0 aliphatic carbocycles. The third-order valence-electron chi connectivity index (χ3n) is 2.06. The van der Waals surface area contributed by atoms with Crippen molar-refractivity contribution < 1.29 is 4.39 Å². The summed E-state index contributed by atoms with van der Waals surface area (Å²) in [5, 5.41) is 3.27. The van der Waals surface area contributed by atoms with Gasteiger partial charge in [0.25, 0.3) is 0 Å². The Morgan fingerprint density at radius 2 is 2.24 bits per heavy atom. The van der Waals surface area contributed by atoms with Crippen LogP contribution in [0.25, 0.3) is 0 Å². The Hall–Kier alpha value is -0.950. The van der Waals surface area contributed by atoms with Gasteiger partial charge in [-0.1, -0.05) is 12.1 Å². The largest absolute Gasteiger partial charge is 0.365 e. The van der Waals surface area contributed by atoms with Crippen LogP contribution in [0.15, 0.2) is 30.5 Å². The first-order chi connectivity index (χ1) is 8.15. The van der Waals surface area contributed by atoms with Crippen LogP contribution in [0.5, 0.6) is 0 Å². The van der Waals surface area contributed by atoms with Gasteiger partial charge in [0.05, 0.1) is 3.57 Å². The quantitative estimate of drug-likeness (QED) is 0.670. The van der Waals surface area contributed by atoms with Crippen molar-refractivity contribution in [1.82, 2.24) is 9.97 Å². The molecule has 88 valence electrons. The highest BCUT2D eigenvalue weighted by Gasteiger charge is 2.03. The summed E-state index contributed by atoms with van der Waals surface area (Å²) >= 11 is 7.80. The molecule has 0 bridgehead atoms. The first kappa shape index (κ1) is 12.5. The molecule has 1 heterocycles. The zero-order valence-corrected chi connectivity index (χ0v) is 11.5. The van der Waals surface area contributed by atoms with Gasteiger partial charge >= 0.3 is 0 Å². The van der Waals surface area contributed by atoms with Crippen LogP contribution in [-0.4, -0.2) is 9.97 Å². The molecular weight excluding hydrogens is 355 g/mol. The fourth-order valence-electron chi connectivity index (χ4n) is 1.30. The Morgan fingerprint density at radius 1 is 1.41 bits per heavy atom. The van der Waals surface area contributed by atoms with Crippen molar-refractivity contribution in [3.05, 3.63) is 50.7 Å². The second-order valence-electron chi connectivity index (χ2n) is 3.32. The lowest BCUT2D eigenvalue weighted by Crippen LogP contribution is -2.04. The molecular formula is C11H8ClFIN3. The second-order valence-corrected chi connectivity index (χ2v) is 4.82. The molecule has 2 rings (SSSR count). The summed E-state index contributed by atoms with van der Waals surface area (Å²) in [6, 6.07) is 6.40. The Kier molecular flexibility index (Phi) is 4.11. The monoisotopic (exact) mass is 363 g/mol. The Balaban J connectivity index is 2.09. The van der Waals surface area contributed by atoms with Crippen LogP contribution in [0.4, 0.5) is 10.2 Å². The second kappa shape index (κ2) is 5.59. The Morgan fingerprint density at radius 3 is 3.00 bits per heavy atom. The van der Waals surface area contributed by atoms with E-state index in [1.54, 1.807) is 12.3 Å². The average Bonchev–Trinajstić information content (AvgIpc) is 2.30. The van der Waals surface area contributed by atoms with Crippen molar-refractivity contribution in [2.24, 2.45) is 0 Å². The van der Waals surface area contributed by atoms with E-state index in [4.69, 9.17) is 11.6 Å². The molecule has 0 radical (unpaired) electrons. The summed E-state index contributed by atoms with van der Waals surface area (Å²) in [4.78, 5) is 7.91. The Bertz CT molecular complexity index is 536. The third-order valence-corrected chi connectivity index (χ3v) is 3.04. The van der Waals surface area contributed by atoms with E-state index in [1.165, 1.54) is 12.1 Å². The zero-order valence-electron chi connectivity index (χ0n) is 8.62. The fourth-order valence-corrected chi connectivity index (χ4v) is 1.89. The maximum Gasteiger partial charge on any atom is 0.224 e. The summed E-state index contributed by atoms with van der Waals surface area (Å²) in [5.74, 6) is 0.398. The number of hydrogen-bond donors (Lipinski definition) is 1. The number of anilines is 1. The van der Waals surface area contributed by atoms with Crippen LogP contribution in [0.3, 0.4) is 0 Å². The summed E-state index contributed by atoms with van der Waals surface area (Å²) in [7, 11) is 0. The van der Waals surface area contributed by atoms with E-state index < -0.39 is 0 Å². The van der Waals surface area contributed by atoms with Crippen molar-refractivity contribution >= 4 is 40.0 Å². The number of aromatic nitrogens is 2. The van der Waals surface area contributed by atoms with Gasteiger partial charge < -0.3 is 5.32 Å². The van der Waals surface area contributed by atoms with Crippen LogP contribution < -0.4 is 5.32 Å². The number of benzene rings is 1. The van der Waals surface area contributed by atoms with Gasteiger partial charge in [0.2, 0.25) is 5.28 Å². The minimum Gasteiger partial charge on any atom is -0.365 e. The lowest BCUT2D eigenvalue weighted by molar-refractivity contribution is 0.626. The summed E-state index contributed by atoms with van der Waals surface area (Å²) in [6.45, 7) is 0.487. The van der Waals surface area contributed by atoms with Crippen LogP contribution >= 0.6 is 34.2 Å². The normalized spacial score (nSPS) is 10.3. The lowest BCUT2D eigenvalue weighted by atomic mass is 10.2. The van der Waals surface area contributed by atoms with Crippen molar-refractivity contribution in [3.63, 3.8) is 0 Å². The van der Waals surface area contributed by atoms with Crippen LogP contribution in [0.2, 0.25) is 5.28 Å². The van der Waals surface area contributed by atoms with E-state index >= 15 is 0 Å². The van der Waals surface area contributed by atoms with Gasteiger partial charge in [-0.15, -0.1) is 0 Å². The molecule has 2 aromatic rings. The number of nitrogens with one attached hydrogen (secondary N) is 1. The maximum atomic E-state index is 13.0. The molecule has 1 aromatic carbocycles. The van der Waals surface area contributed by atoms with E-state index in [0.29, 0.717) is 12.4 Å². The standard InChI is InChI=1S/C11H8ClFIN3/c12-11-16-6-9(14)10(17-11)15-5-7-2-1-3-8(13)4-7/h1-4,6H,5H2,(H,15,16,17). The average molecular weight is 364 g/mol. The molecule has 1 aromatic heterocycles. The number of hydrogen-bond acceptors (Lipinski definition) is 3. The molecule has 3 nitrogen and oxygen atoms in total. The minimum atomic E-state index is -0.250. The molecule has 1 N–H and O–H groups in total. The molecule has 0 amide bonds. The first-order valence-electron chi connectivity index (χ1n) is 4.81. The van der Waals surface area contributed by atoms with Crippen LogP contribution in [0, 0.1) is 9.39 Å². The smallest absolute Gasteiger partial charge is 0.224 e. The van der Waals surface area contributed by atoms with Gasteiger partial charge in [0.1, 0.15) is 11.6 Å². The van der Waals surface area contributed by atoms with Gasteiger partial charge in [0, 0.05) is 12.7 Å². The number of halogens is 3. The fraction of sp³-hybridized carbons (Fsp3) is 0.0909. The highest BCUT2D eigenvalue weighted by Crippen LogP contribution is 2.17. The summed E-state index contributed by atoms with van der Waals surface area (Å²) < 4.78 is 13.8. The van der Waals surface area contributed by atoms with Gasteiger partial charge in [-0.3, -0.25) is 0 Å². The van der Waals surface area contributed by atoms with Crippen molar-refractivity contribution in [2.75, 3.05) is 5.32 Å². The molecule has 0 aliphatic rings. The molecule has 0 unspecified atom stereocenters. The van der Waals surface area contributed by atoms with Gasteiger partial charge in [0.15, 0.2) is 0 Å². The summed E-state index contributed by atoms with van der Waals surface area (Å²) in [6.07, 6.45) is 1.63. The Labute approximate surface area is 117 Å². The minimum absolute atomic E-state index is 0.187. The predicted molar refractivity (Wildman–Crippen MR) is 73.5 cm³/mol. The van der Waals surface area contributed by atoms with Crippen molar-refractivity contribution in [1.29, 1.82) is 0 Å². The number of nitrogens with zero attached hydrogens (tertiary/aromatic N) is 2. The predicted octanol–water partition coefficient (Wildman–Crippen LogP) is 3.49. The molecule has 0 aliphatic heterocycles. The third kappa shape index (κ3) is 3.50. The van der Waals surface area contributed by atoms with E-state index in [2.05, 4.69) is 37.9 Å². The van der Waals surface area contributed by atoms with E-state index in [9.17, 15) is 4.39 Å².